The Bertz CT molecular complexity index is 577. The standard InChI is InChI=1S/C11H7F3N2O3/c12-11(13,14)10(16-15)9(17)6-2-1-3-8-7(6)4-18-5-19-8/h1-3H,4-5H2. The number of hydrogen-bond donors (Lipinski definition) is 0. The normalized spacial score (nSPS) is 14.1. The molecule has 0 aliphatic carbocycles. The Hall–Kier alpha value is -2.18. The number of ether oxygens (including phenoxy) is 2. The summed E-state index contributed by atoms with van der Waals surface area (Å²) in [5.74, 6) is -1.16. The number of carbonyl (C=O) groups excluding carboxylic acids is 1. The van der Waals surface area contributed by atoms with Crippen molar-refractivity contribution in [3.8, 4) is 5.75 Å². The van der Waals surface area contributed by atoms with Crippen LogP contribution >= 0.6 is 0 Å². The van der Waals surface area contributed by atoms with Crippen molar-refractivity contribution in [3.05, 3.63) is 34.9 Å². The third-order valence-electron chi connectivity index (χ3n) is 2.51. The molecular weight excluding hydrogens is 265 g/mol. The van der Waals surface area contributed by atoms with Gasteiger partial charge in [-0.25, -0.2) is 0 Å². The molecule has 1 aliphatic heterocycles. The third-order valence-corrected chi connectivity index (χ3v) is 2.51. The van der Waals surface area contributed by atoms with Gasteiger partial charge in [-0.15, -0.1) is 0 Å². The monoisotopic (exact) mass is 272 g/mol. The van der Waals surface area contributed by atoms with E-state index in [1.54, 1.807) is 0 Å². The summed E-state index contributed by atoms with van der Waals surface area (Å²) < 4.78 is 47.5. The molecule has 1 aromatic rings. The Balaban J connectivity index is 2.48. The highest BCUT2D eigenvalue weighted by atomic mass is 19.4. The van der Waals surface area contributed by atoms with Crippen molar-refractivity contribution >= 4 is 11.5 Å². The summed E-state index contributed by atoms with van der Waals surface area (Å²) in [4.78, 5) is 13.8. The summed E-state index contributed by atoms with van der Waals surface area (Å²) in [5.41, 5.74) is 6.44. The van der Waals surface area contributed by atoms with Gasteiger partial charge in [0.25, 0.3) is 5.78 Å². The molecule has 8 heteroatoms. The molecule has 0 radical (unpaired) electrons. The molecule has 5 nitrogen and oxygen atoms in total. The van der Waals surface area contributed by atoms with Crippen molar-refractivity contribution in [2.24, 2.45) is 0 Å². The van der Waals surface area contributed by atoms with E-state index in [0.717, 1.165) is 0 Å². The van der Waals surface area contributed by atoms with Gasteiger partial charge in [0.1, 0.15) is 5.75 Å². The van der Waals surface area contributed by atoms with Crippen molar-refractivity contribution < 1.29 is 32.2 Å². The van der Waals surface area contributed by atoms with Gasteiger partial charge in [0.15, 0.2) is 6.79 Å². The molecule has 0 N–H and O–H groups in total. The van der Waals surface area contributed by atoms with Gasteiger partial charge in [0.2, 0.25) is 0 Å². The number of benzene rings is 1. The van der Waals surface area contributed by atoms with Crippen LogP contribution in [0.3, 0.4) is 0 Å². The minimum atomic E-state index is -5.04. The molecule has 100 valence electrons. The Morgan fingerprint density at radius 2 is 2.11 bits per heavy atom. The number of carbonyl (C=O) groups is 1. The van der Waals surface area contributed by atoms with Crippen LogP contribution in [0.4, 0.5) is 13.2 Å². The second-order valence-electron chi connectivity index (χ2n) is 3.67. The third kappa shape index (κ3) is 2.49. The first-order valence-electron chi connectivity index (χ1n) is 5.11. The largest absolute Gasteiger partial charge is 0.499 e. The Labute approximate surface area is 105 Å². The van der Waals surface area contributed by atoms with E-state index in [4.69, 9.17) is 15.0 Å². The zero-order valence-corrected chi connectivity index (χ0v) is 9.40. The highest BCUT2D eigenvalue weighted by Crippen LogP contribution is 2.28. The molecular formula is C11H7F3N2O3. The Kier molecular flexibility index (Phi) is 3.37. The fourth-order valence-corrected chi connectivity index (χ4v) is 1.67. The zero-order valence-electron chi connectivity index (χ0n) is 9.40. The summed E-state index contributed by atoms with van der Waals surface area (Å²) in [7, 11) is 0. The lowest BCUT2D eigenvalue weighted by Crippen LogP contribution is -2.33. The lowest BCUT2D eigenvalue weighted by Gasteiger charge is -2.19. The minimum Gasteiger partial charge on any atom is -0.467 e. The predicted octanol–water partition coefficient (Wildman–Crippen LogP) is 1.97. The molecule has 0 saturated heterocycles. The maximum absolute atomic E-state index is 12.5. The molecule has 0 fully saturated rings. The molecule has 1 aliphatic rings. The molecule has 0 aromatic heterocycles. The predicted molar refractivity (Wildman–Crippen MR) is 55.7 cm³/mol. The number of alkyl halides is 3. The molecule has 2 rings (SSSR count). The average molecular weight is 272 g/mol. The summed E-state index contributed by atoms with van der Waals surface area (Å²) >= 11 is 0. The summed E-state index contributed by atoms with van der Waals surface area (Å²) in [6.45, 7) is -0.0846. The van der Waals surface area contributed by atoms with Crippen LogP contribution in [0.5, 0.6) is 5.75 Å². The van der Waals surface area contributed by atoms with Crippen LogP contribution in [-0.4, -0.2) is 29.3 Å². The van der Waals surface area contributed by atoms with E-state index >= 15 is 0 Å². The molecule has 0 bridgehead atoms. The topological polar surface area (TPSA) is 71.9 Å². The summed E-state index contributed by atoms with van der Waals surface area (Å²) in [6, 6.07) is 4.08. The fraction of sp³-hybridized carbons (Fsp3) is 0.273. The summed E-state index contributed by atoms with van der Waals surface area (Å²) in [6.07, 6.45) is -5.04. The lowest BCUT2D eigenvalue weighted by atomic mass is 9.99. The van der Waals surface area contributed by atoms with Crippen LogP contribution in [0, 0.1) is 0 Å². The SMILES string of the molecule is [N-]=[N+]=C(C(=O)c1cccc2c1COCO2)C(F)(F)F. The Morgan fingerprint density at radius 3 is 2.74 bits per heavy atom. The first-order chi connectivity index (χ1) is 8.95. The van der Waals surface area contributed by atoms with Crippen molar-refractivity contribution in [1.82, 2.24) is 0 Å². The van der Waals surface area contributed by atoms with E-state index < -0.39 is 17.7 Å². The molecule has 0 amide bonds. The van der Waals surface area contributed by atoms with Crippen molar-refractivity contribution in [2.75, 3.05) is 6.79 Å². The molecule has 0 spiro atoms. The number of ketones is 1. The van der Waals surface area contributed by atoms with Gasteiger partial charge in [-0.3, -0.25) is 4.79 Å². The summed E-state index contributed by atoms with van der Waals surface area (Å²) in [5, 5.41) is 0. The second kappa shape index (κ2) is 4.83. The van der Waals surface area contributed by atoms with E-state index in [-0.39, 0.29) is 30.3 Å². The van der Waals surface area contributed by atoms with Crippen LogP contribution in [-0.2, 0) is 11.3 Å². The number of fused-ring (bicyclic) bond motifs is 1. The van der Waals surface area contributed by atoms with Crippen LogP contribution in [0.1, 0.15) is 15.9 Å². The highest BCUT2D eigenvalue weighted by molar-refractivity contribution is 6.46. The van der Waals surface area contributed by atoms with Crippen LogP contribution < -0.4 is 4.74 Å². The molecule has 1 heterocycles. The molecule has 0 unspecified atom stereocenters. The maximum atomic E-state index is 12.5. The quantitative estimate of drug-likeness (QED) is 0.357. The van der Waals surface area contributed by atoms with Crippen LogP contribution in [0.25, 0.3) is 5.53 Å². The average Bonchev–Trinajstić information content (AvgIpc) is 2.37. The fourth-order valence-electron chi connectivity index (χ4n) is 1.67. The molecule has 0 atom stereocenters. The number of hydrogen-bond acceptors (Lipinski definition) is 3. The van der Waals surface area contributed by atoms with Crippen LogP contribution in [0.15, 0.2) is 18.2 Å². The van der Waals surface area contributed by atoms with Gasteiger partial charge in [-0.05, 0) is 6.07 Å². The minimum absolute atomic E-state index is 0.0368. The number of rotatable bonds is 2. The van der Waals surface area contributed by atoms with Gasteiger partial charge in [-0.1, -0.05) is 12.1 Å². The molecule has 1 aromatic carbocycles. The Morgan fingerprint density at radius 1 is 1.37 bits per heavy atom. The first-order valence-corrected chi connectivity index (χ1v) is 5.11. The van der Waals surface area contributed by atoms with Gasteiger partial charge >= 0.3 is 11.9 Å². The molecule has 19 heavy (non-hydrogen) atoms. The van der Waals surface area contributed by atoms with E-state index in [0.29, 0.717) is 0 Å². The zero-order chi connectivity index (χ0) is 14.0. The van der Waals surface area contributed by atoms with E-state index in [9.17, 15) is 18.0 Å². The molecule has 0 saturated carbocycles. The van der Waals surface area contributed by atoms with Crippen molar-refractivity contribution in [1.29, 1.82) is 0 Å². The second-order valence-corrected chi connectivity index (χ2v) is 3.67. The lowest BCUT2D eigenvalue weighted by molar-refractivity contribution is -0.111. The van der Waals surface area contributed by atoms with Crippen LogP contribution in [0.2, 0.25) is 0 Å². The van der Waals surface area contributed by atoms with Gasteiger partial charge in [0.05, 0.1) is 6.61 Å². The number of halogens is 3. The maximum Gasteiger partial charge on any atom is 0.499 e. The van der Waals surface area contributed by atoms with Gasteiger partial charge in [0, 0.05) is 11.1 Å². The van der Waals surface area contributed by atoms with Gasteiger partial charge in [-0.2, -0.15) is 18.0 Å². The first kappa shape index (κ1) is 13.3. The number of Topliss-reactive ketones (excluding diaryl/α,β-unsaturated/α-hetero) is 1. The van der Waals surface area contributed by atoms with E-state index in [2.05, 4.69) is 0 Å². The van der Waals surface area contributed by atoms with E-state index in [1.807, 2.05) is 4.79 Å². The van der Waals surface area contributed by atoms with Gasteiger partial charge < -0.3 is 15.0 Å². The van der Waals surface area contributed by atoms with E-state index in [1.165, 1.54) is 18.2 Å². The highest BCUT2D eigenvalue weighted by Gasteiger charge is 2.50. The van der Waals surface area contributed by atoms with Crippen molar-refractivity contribution in [2.45, 2.75) is 12.8 Å². The van der Waals surface area contributed by atoms with Crippen molar-refractivity contribution in [3.63, 3.8) is 0 Å². The smallest absolute Gasteiger partial charge is 0.467 e. The number of nitrogens with zero attached hydrogens (tertiary/aromatic N) is 2.